The Balaban J connectivity index is 1.35. The molecule has 3 heterocycles. The summed E-state index contributed by atoms with van der Waals surface area (Å²) in [6.07, 6.45) is 4.63. The second kappa shape index (κ2) is 5.34. The molecular formula is C13H17N5O2S. The number of carbonyl (C=O) groups is 1. The lowest BCUT2D eigenvalue weighted by molar-refractivity contribution is -0.129. The van der Waals surface area contributed by atoms with Crippen molar-refractivity contribution in [2.75, 3.05) is 13.2 Å². The summed E-state index contributed by atoms with van der Waals surface area (Å²) in [6.45, 7) is 1.28. The first-order valence-electron chi connectivity index (χ1n) is 7.41. The van der Waals surface area contributed by atoms with Gasteiger partial charge in [0.05, 0.1) is 0 Å². The number of ether oxygens (including phenoxy) is 1. The third-order valence-electron chi connectivity index (χ3n) is 3.86. The third-order valence-corrected chi connectivity index (χ3v) is 4.82. The lowest BCUT2D eigenvalue weighted by atomic mass is 10.2. The lowest BCUT2D eigenvalue weighted by Gasteiger charge is -2.09. The SMILES string of the molecule is O=C(NCCc1nn2c(C3CC3)nnc2s1)C1CCCO1. The smallest absolute Gasteiger partial charge is 0.249 e. The average Bonchev–Trinajstić information content (AvgIpc) is 2.92. The Labute approximate surface area is 125 Å². The molecular weight excluding hydrogens is 290 g/mol. The van der Waals surface area contributed by atoms with Crippen molar-refractivity contribution in [2.24, 2.45) is 0 Å². The van der Waals surface area contributed by atoms with Gasteiger partial charge in [-0.1, -0.05) is 11.3 Å². The number of rotatable bonds is 5. The second-order valence-electron chi connectivity index (χ2n) is 5.57. The van der Waals surface area contributed by atoms with E-state index in [2.05, 4.69) is 20.6 Å². The summed E-state index contributed by atoms with van der Waals surface area (Å²) in [4.78, 5) is 12.7. The monoisotopic (exact) mass is 307 g/mol. The molecule has 1 N–H and O–H groups in total. The molecule has 2 aliphatic rings. The predicted octanol–water partition coefficient (Wildman–Crippen LogP) is 0.901. The number of hydrogen-bond donors (Lipinski definition) is 1. The zero-order valence-corrected chi connectivity index (χ0v) is 12.4. The van der Waals surface area contributed by atoms with Crippen molar-refractivity contribution in [3.8, 4) is 0 Å². The van der Waals surface area contributed by atoms with Gasteiger partial charge in [-0.2, -0.15) is 9.61 Å². The largest absolute Gasteiger partial charge is 0.368 e. The van der Waals surface area contributed by atoms with Crippen LogP contribution in [0.5, 0.6) is 0 Å². The van der Waals surface area contributed by atoms with Crippen LogP contribution in [0.3, 0.4) is 0 Å². The molecule has 8 heteroatoms. The first kappa shape index (κ1) is 13.1. The van der Waals surface area contributed by atoms with E-state index in [1.165, 1.54) is 12.8 Å². The van der Waals surface area contributed by atoms with Crippen LogP contribution in [-0.2, 0) is 16.0 Å². The Hall–Kier alpha value is -1.54. The molecule has 1 aliphatic heterocycles. The number of carbonyl (C=O) groups excluding carboxylic acids is 1. The van der Waals surface area contributed by atoms with Gasteiger partial charge in [0.25, 0.3) is 0 Å². The summed E-state index contributed by atoms with van der Waals surface area (Å²) < 4.78 is 7.22. The van der Waals surface area contributed by atoms with Crippen LogP contribution in [0.25, 0.3) is 4.96 Å². The molecule has 1 saturated heterocycles. The van der Waals surface area contributed by atoms with Crippen molar-refractivity contribution in [1.82, 2.24) is 25.1 Å². The van der Waals surface area contributed by atoms with Crippen LogP contribution < -0.4 is 5.32 Å². The molecule has 0 bridgehead atoms. The van der Waals surface area contributed by atoms with E-state index in [1.807, 2.05) is 4.52 Å². The van der Waals surface area contributed by atoms with Crippen LogP contribution in [0.4, 0.5) is 0 Å². The van der Waals surface area contributed by atoms with E-state index in [4.69, 9.17) is 4.74 Å². The number of hydrogen-bond acceptors (Lipinski definition) is 6. The Morgan fingerprint density at radius 1 is 1.38 bits per heavy atom. The van der Waals surface area contributed by atoms with E-state index in [0.29, 0.717) is 19.1 Å². The highest BCUT2D eigenvalue weighted by Crippen LogP contribution is 2.39. The van der Waals surface area contributed by atoms with Gasteiger partial charge in [-0.05, 0) is 25.7 Å². The van der Waals surface area contributed by atoms with Crippen LogP contribution >= 0.6 is 11.3 Å². The molecule has 1 amide bonds. The van der Waals surface area contributed by atoms with Crippen LogP contribution in [0, 0.1) is 0 Å². The molecule has 0 radical (unpaired) electrons. The normalized spacial score (nSPS) is 22.0. The minimum absolute atomic E-state index is 0.00540. The highest BCUT2D eigenvalue weighted by molar-refractivity contribution is 7.16. The summed E-state index contributed by atoms with van der Waals surface area (Å²) >= 11 is 1.54. The van der Waals surface area contributed by atoms with Gasteiger partial charge in [-0.15, -0.1) is 10.2 Å². The molecule has 0 spiro atoms. The maximum absolute atomic E-state index is 11.8. The van der Waals surface area contributed by atoms with Crippen LogP contribution in [-0.4, -0.2) is 45.0 Å². The molecule has 7 nitrogen and oxygen atoms in total. The van der Waals surface area contributed by atoms with Gasteiger partial charge in [0.15, 0.2) is 5.82 Å². The molecule has 112 valence electrons. The minimum Gasteiger partial charge on any atom is -0.368 e. The van der Waals surface area contributed by atoms with E-state index in [1.54, 1.807) is 11.3 Å². The van der Waals surface area contributed by atoms with Gasteiger partial charge in [0, 0.05) is 25.5 Å². The van der Waals surface area contributed by atoms with Crippen molar-refractivity contribution < 1.29 is 9.53 Å². The van der Waals surface area contributed by atoms with Crippen LogP contribution in [0.15, 0.2) is 0 Å². The number of nitrogens with one attached hydrogen (secondary N) is 1. The molecule has 2 fully saturated rings. The number of aromatic nitrogens is 4. The summed E-state index contributed by atoms with van der Waals surface area (Å²) in [5.41, 5.74) is 0. The Bertz CT molecular complexity index is 657. The molecule has 2 aromatic rings. The quantitative estimate of drug-likeness (QED) is 0.887. The number of amides is 1. The van der Waals surface area contributed by atoms with Crippen molar-refractivity contribution in [2.45, 2.75) is 44.1 Å². The standard InChI is InChI=1S/C13H17N5O2S/c19-12(9-2-1-7-20-9)14-6-5-10-17-18-11(8-3-4-8)15-16-13(18)21-10/h8-9H,1-7H2,(H,14,19). The molecule has 21 heavy (non-hydrogen) atoms. The molecule has 4 rings (SSSR count). The van der Waals surface area contributed by atoms with Gasteiger partial charge in [-0.25, -0.2) is 0 Å². The molecule has 1 aliphatic carbocycles. The Morgan fingerprint density at radius 3 is 3.05 bits per heavy atom. The topological polar surface area (TPSA) is 81.4 Å². The lowest BCUT2D eigenvalue weighted by Crippen LogP contribution is -2.35. The zero-order chi connectivity index (χ0) is 14.2. The van der Waals surface area contributed by atoms with Crippen LogP contribution in [0.2, 0.25) is 0 Å². The van der Waals surface area contributed by atoms with E-state index in [0.717, 1.165) is 35.1 Å². The summed E-state index contributed by atoms with van der Waals surface area (Å²) in [5, 5.41) is 16.8. The maximum Gasteiger partial charge on any atom is 0.249 e. The first-order chi connectivity index (χ1) is 10.3. The van der Waals surface area contributed by atoms with Gasteiger partial charge in [0.1, 0.15) is 11.1 Å². The summed E-state index contributed by atoms with van der Waals surface area (Å²) in [5.74, 6) is 1.51. The van der Waals surface area contributed by atoms with E-state index in [9.17, 15) is 4.79 Å². The van der Waals surface area contributed by atoms with Crippen molar-refractivity contribution >= 4 is 22.2 Å². The molecule has 0 aromatic carbocycles. The van der Waals surface area contributed by atoms with Crippen LogP contribution in [0.1, 0.15) is 42.4 Å². The number of nitrogens with zero attached hydrogens (tertiary/aromatic N) is 4. The minimum atomic E-state index is -0.260. The molecule has 2 aromatic heterocycles. The van der Waals surface area contributed by atoms with Crippen molar-refractivity contribution in [3.63, 3.8) is 0 Å². The highest BCUT2D eigenvalue weighted by atomic mass is 32.1. The molecule has 1 saturated carbocycles. The van der Waals surface area contributed by atoms with Crippen molar-refractivity contribution in [1.29, 1.82) is 0 Å². The summed E-state index contributed by atoms with van der Waals surface area (Å²) in [7, 11) is 0. The fraction of sp³-hybridized carbons (Fsp3) is 0.692. The number of fused-ring (bicyclic) bond motifs is 1. The summed E-state index contributed by atoms with van der Waals surface area (Å²) in [6, 6.07) is 0. The zero-order valence-electron chi connectivity index (χ0n) is 11.6. The van der Waals surface area contributed by atoms with Gasteiger partial charge >= 0.3 is 0 Å². The molecule has 1 atom stereocenters. The van der Waals surface area contributed by atoms with E-state index < -0.39 is 0 Å². The first-order valence-corrected chi connectivity index (χ1v) is 8.23. The van der Waals surface area contributed by atoms with Crippen molar-refractivity contribution in [3.05, 3.63) is 10.8 Å². The van der Waals surface area contributed by atoms with Gasteiger partial charge in [0.2, 0.25) is 10.9 Å². The predicted molar refractivity (Wildman–Crippen MR) is 76.3 cm³/mol. The third kappa shape index (κ3) is 2.65. The second-order valence-corrected chi connectivity index (χ2v) is 6.61. The molecule has 1 unspecified atom stereocenters. The van der Waals surface area contributed by atoms with Gasteiger partial charge in [-0.3, -0.25) is 4.79 Å². The van der Waals surface area contributed by atoms with E-state index in [-0.39, 0.29) is 12.0 Å². The van der Waals surface area contributed by atoms with Gasteiger partial charge < -0.3 is 10.1 Å². The fourth-order valence-electron chi connectivity index (χ4n) is 2.56. The Morgan fingerprint density at radius 2 is 2.29 bits per heavy atom. The Kier molecular flexibility index (Phi) is 3.34. The highest BCUT2D eigenvalue weighted by Gasteiger charge is 2.30. The fourth-order valence-corrected chi connectivity index (χ4v) is 3.40. The van der Waals surface area contributed by atoms with E-state index >= 15 is 0 Å². The maximum atomic E-state index is 11.8. The average molecular weight is 307 g/mol.